The van der Waals surface area contributed by atoms with Crippen LogP contribution in [0.15, 0.2) is 0 Å². The average molecular weight is 772 g/mol. The van der Waals surface area contributed by atoms with E-state index in [1.54, 1.807) is 0 Å². The fourth-order valence-electron chi connectivity index (χ4n) is 4.88. The third kappa shape index (κ3) is 10.6. The van der Waals surface area contributed by atoms with Gasteiger partial charge in [-0.3, -0.25) is 13.7 Å². The van der Waals surface area contributed by atoms with E-state index in [1.165, 1.54) is 4.72 Å². The topological polar surface area (TPSA) is 408 Å². The monoisotopic (exact) mass is 771 g/mol. The number of carbonyl (C=O) groups is 1. The van der Waals surface area contributed by atoms with E-state index in [0.29, 0.717) is 0 Å². The molecule has 0 amide bonds. The molecular formula is C19H33NO25S3. The fraction of sp³-hybridized carbons (Fsp3) is 0.947. The Hall–Kier alpha value is -1.40. The number of ether oxygens (including phenoxy) is 6. The number of aliphatic hydroxyl groups is 6. The Balaban J connectivity index is 1.95. The van der Waals surface area contributed by atoms with Crippen molar-refractivity contribution < 1.29 is 116 Å². The molecule has 0 saturated carbocycles. The van der Waals surface area contributed by atoms with E-state index in [4.69, 9.17) is 33.0 Å². The molecule has 3 aliphatic rings. The Bertz CT molecular complexity index is 1430. The van der Waals surface area contributed by atoms with Crippen LogP contribution >= 0.6 is 0 Å². The summed E-state index contributed by atoms with van der Waals surface area (Å²) in [5.41, 5.74) is 0. The van der Waals surface area contributed by atoms with Crippen molar-refractivity contribution in [2.24, 2.45) is 0 Å². The molecule has 3 aliphatic heterocycles. The van der Waals surface area contributed by atoms with Gasteiger partial charge in [0.15, 0.2) is 31.1 Å². The number of nitrogens with one attached hydrogen (secondary N) is 1. The Kier molecular flexibility index (Phi) is 13.6. The van der Waals surface area contributed by atoms with E-state index < -0.39 is 142 Å². The molecule has 0 aromatic rings. The standard InChI is InChI=1S/C19H33NO25S3/c1-38-12-5(3-40-47(32,33)34)42-18(6(8(12)22)20-46(29,30)31)43-13-11(25)14(45-48(35,36)37)19(44-15(13)16(26)27)39-2-4-7(21)9(23)10(24)17(28)41-4/h4-15,17-25,28H,2-3H2,1H3,(H,26,27)(H,29,30,31)(H,32,33,34)(H,35,36,37)/t4?,5?,6?,7-,8+,9-,10?,11-,12-,13+,14?,15?,17?,18-,19+/m0/s1. The summed E-state index contributed by atoms with van der Waals surface area (Å²) in [6.45, 7) is -2.17. The molecule has 0 radical (unpaired) electrons. The molecule has 15 atom stereocenters. The fourth-order valence-corrected chi connectivity index (χ4v) is 6.26. The van der Waals surface area contributed by atoms with Crippen LogP contribution in [0.1, 0.15) is 0 Å². The maximum atomic E-state index is 12.2. The first-order chi connectivity index (χ1) is 21.9. The number of carboxylic acid groups (broad SMARTS) is 1. The van der Waals surface area contributed by atoms with Crippen molar-refractivity contribution in [1.82, 2.24) is 4.72 Å². The summed E-state index contributed by atoms with van der Waals surface area (Å²) in [6, 6.07) is -2.19. The number of methoxy groups -OCH3 is 1. The van der Waals surface area contributed by atoms with Crippen molar-refractivity contribution in [2.75, 3.05) is 20.3 Å². The first kappa shape index (κ1) is 41.0. The van der Waals surface area contributed by atoms with Crippen molar-refractivity contribution in [3.05, 3.63) is 0 Å². The molecular weight excluding hydrogens is 738 g/mol. The lowest BCUT2D eigenvalue weighted by Crippen LogP contribution is -2.68. The van der Waals surface area contributed by atoms with Crippen LogP contribution in [-0.2, 0) is 72.7 Å². The van der Waals surface area contributed by atoms with Gasteiger partial charge in [-0.1, -0.05) is 0 Å². The largest absolute Gasteiger partial charge is 0.479 e. The van der Waals surface area contributed by atoms with E-state index in [1.807, 2.05) is 0 Å². The van der Waals surface area contributed by atoms with E-state index in [-0.39, 0.29) is 0 Å². The molecule has 0 aromatic carbocycles. The number of rotatable bonds is 14. The molecule has 3 fully saturated rings. The summed E-state index contributed by atoms with van der Waals surface area (Å²) in [4.78, 5) is 12.2. The lowest BCUT2D eigenvalue weighted by Gasteiger charge is -2.47. The lowest BCUT2D eigenvalue weighted by molar-refractivity contribution is -0.345. The summed E-state index contributed by atoms with van der Waals surface area (Å²) in [5.74, 6) is -2.02. The molecule has 48 heavy (non-hydrogen) atoms. The van der Waals surface area contributed by atoms with Crippen LogP contribution in [0.3, 0.4) is 0 Å². The maximum Gasteiger partial charge on any atom is 0.397 e. The minimum atomic E-state index is -5.57. The first-order valence-electron chi connectivity index (χ1n) is 13.0. The van der Waals surface area contributed by atoms with Crippen LogP contribution in [0.5, 0.6) is 0 Å². The molecule has 0 aliphatic carbocycles. The summed E-state index contributed by atoms with van der Waals surface area (Å²) >= 11 is 0. The second-order valence-corrected chi connectivity index (χ2v) is 13.6. The number of hydrogen-bond acceptors (Lipinski definition) is 21. The van der Waals surface area contributed by atoms with E-state index >= 15 is 0 Å². The van der Waals surface area contributed by atoms with Gasteiger partial charge in [-0.05, 0) is 0 Å². The minimum absolute atomic E-state index is 0.918. The number of carboxylic acids is 1. The third-order valence-corrected chi connectivity index (χ3v) is 8.48. The van der Waals surface area contributed by atoms with Gasteiger partial charge < -0.3 is 64.2 Å². The zero-order valence-electron chi connectivity index (χ0n) is 23.9. The van der Waals surface area contributed by atoms with Gasteiger partial charge in [0.05, 0.1) is 13.2 Å². The summed E-state index contributed by atoms with van der Waals surface area (Å²) in [5, 5.41) is 71.0. The van der Waals surface area contributed by atoms with Gasteiger partial charge in [0.25, 0.3) is 0 Å². The van der Waals surface area contributed by atoms with Gasteiger partial charge in [-0.25, -0.2) is 13.2 Å². The van der Waals surface area contributed by atoms with E-state index in [2.05, 4.69) is 8.37 Å². The van der Waals surface area contributed by atoms with E-state index in [0.717, 1.165) is 7.11 Å². The average Bonchev–Trinajstić information content (AvgIpc) is 2.94. The summed E-state index contributed by atoms with van der Waals surface area (Å²) in [7, 11) is -15.1. The van der Waals surface area contributed by atoms with Crippen LogP contribution in [0.25, 0.3) is 0 Å². The Labute approximate surface area is 270 Å². The normalized spacial score (nSPS) is 41.6. The SMILES string of the molecule is CO[C@H]1C(COS(=O)(=O)O)O[C@@H](O[C@H]2C(C(=O)O)O[C@@H](OCC3OC(O)C(O)[C@@H](O)[C@H]3O)C(OS(=O)(=O)O)[C@H]2O)C(NS(=O)(=O)O)[C@H]1O. The molecule has 11 N–H and O–H groups in total. The summed E-state index contributed by atoms with van der Waals surface area (Å²) < 4.78 is 137. The highest BCUT2D eigenvalue weighted by molar-refractivity contribution is 7.83. The zero-order chi connectivity index (χ0) is 36.5. The highest BCUT2D eigenvalue weighted by Gasteiger charge is 2.56. The molecule has 0 aromatic heterocycles. The highest BCUT2D eigenvalue weighted by atomic mass is 32.3. The van der Waals surface area contributed by atoms with Crippen molar-refractivity contribution >= 4 is 37.1 Å². The second kappa shape index (κ2) is 15.9. The Morgan fingerprint density at radius 1 is 0.708 bits per heavy atom. The Morgan fingerprint density at radius 2 is 1.33 bits per heavy atom. The van der Waals surface area contributed by atoms with Crippen LogP contribution in [0.2, 0.25) is 0 Å². The van der Waals surface area contributed by atoms with E-state index in [9.17, 15) is 74.9 Å². The molecule has 0 bridgehead atoms. The number of hydrogen-bond donors (Lipinski definition) is 11. The van der Waals surface area contributed by atoms with Crippen molar-refractivity contribution in [1.29, 1.82) is 0 Å². The molecule has 282 valence electrons. The quantitative estimate of drug-likeness (QED) is 0.0730. The van der Waals surface area contributed by atoms with Gasteiger partial charge in [0, 0.05) is 7.11 Å². The lowest BCUT2D eigenvalue weighted by atomic mass is 9.95. The van der Waals surface area contributed by atoms with Gasteiger partial charge in [-0.15, -0.1) is 0 Å². The van der Waals surface area contributed by atoms with Crippen molar-refractivity contribution in [3.63, 3.8) is 0 Å². The highest BCUT2D eigenvalue weighted by Crippen LogP contribution is 2.33. The predicted molar refractivity (Wildman–Crippen MR) is 140 cm³/mol. The van der Waals surface area contributed by atoms with Crippen molar-refractivity contribution in [3.8, 4) is 0 Å². The zero-order valence-corrected chi connectivity index (χ0v) is 26.3. The maximum absolute atomic E-state index is 12.2. The predicted octanol–water partition coefficient (Wildman–Crippen LogP) is -7.77. The smallest absolute Gasteiger partial charge is 0.397 e. The summed E-state index contributed by atoms with van der Waals surface area (Å²) in [6.07, 6.45) is -30.2. The van der Waals surface area contributed by atoms with Gasteiger partial charge in [0.1, 0.15) is 61.0 Å². The molecule has 26 nitrogen and oxygen atoms in total. The number of aliphatic hydroxyl groups excluding tert-OH is 6. The second-order valence-electron chi connectivity index (χ2n) is 10.3. The molecule has 0 spiro atoms. The van der Waals surface area contributed by atoms with Gasteiger partial charge in [-0.2, -0.15) is 30.0 Å². The molecule has 3 rings (SSSR count). The molecule has 3 saturated heterocycles. The molecule has 29 heteroatoms. The van der Waals surface area contributed by atoms with Crippen LogP contribution in [0.4, 0.5) is 0 Å². The van der Waals surface area contributed by atoms with Crippen LogP contribution in [-0.4, -0.2) is 193 Å². The molecule has 7 unspecified atom stereocenters. The van der Waals surface area contributed by atoms with Gasteiger partial charge in [0.2, 0.25) is 0 Å². The molecule has 3 heterocycles. The van der Waals surface area contributed by atoms with Crippen LogP contribution < -0.4 is 4.72 Å². The minimum Gasteiger partial charge on any atom is -0.479 e. The van der Waals surface area contributed by atoms with Crippen LogP contribution in [0, 0.1) is 0 Å². The van der Waals surface area contributed by atoms with Gasteiger partial charge >= 0.3 is 37.1 Å². The number of aliphatic carboxylic acids is 1. The Morgan fingerprint density at radius 3 is 1.85 bits per heavy atom. The third-order valence-electron chi connectivity index (χ3n) is 7.01. The van der Waals surface area contributed by atoms with Crippen molar-refractivity contribution in [2.45, 2.75) is 92.1 Å². The first-order valence-corrected chi connectivity index (χ1v) is 17.2.